The summed E-state index contributed by atoms with van der Waals surface area (Å²) in [6.45, 7) is 4.19. The molecule has 0 spiro atoms. The Balaban J connectivity index is 1.71. The number of hydrogen-bond donors (Lipinski definition) is 0. The third-order valence-corrected chi connectivity index (χ3v) is 5.40. The maximum atomic E-state index is 12.7. The molecule has 0 radical (unpaired) electrons. The standard InChI is InChI=1S/C17H20Cl2N2O2/c1-11-3-2-6-20(9-11)17(23)12-7-16(22)21(10-12)13-4-5-14(18)15(19)8-13/h4-5,8,11-12H,2-3,6-7,9-10H2,1H3. The maximum absolute atomic E-state index is 12.7. The summed E-state index contributed by atoms with van der Waals surface area (Å²) in [5, 5.41) is 0.869. The molecular formula is C17H20Cl2N2O2. The van der Waals surface area contributed by atoms with Gasteiger partial charge in [-0.3, -0.25) is 9.59 Å². The lowest BCUT2D eigenvalue weighted by Gasteiger charge is -2.32. The first-order valence-electron chi connectivity index (χ1n) is 8.00. The molecule has 0 saturated carbocycles. The van der Waals surface area contributed by atoms with Crippen LogP contribution in [0.25, 0.3) is 0 Å². The highest BCUT2D eigenvalue weighted by molar-refractivity contribution is 6.42. The molecule has 2 aliphatic heterocycles. The minimum Gasteiger partial charge on any atom is -0.342 e. The average Bonchev–Trinajstić information content (AvgIpc) is 2.91. The molecule has 2 heterocycles. The van der Waals surface area contributed by atoms with E-state index in [1.54, 1.807) is 23.1 Å². The van der Waals surface area contributed by atoms with Crippen molar-refractivity contribution in [1.82, 2.24) is 4.90 Å². The molecule has 4 nitrogen and oxygen atoms in total. The highest BCUT2D eigenvalue weighted by Gasteiger charge is 2.38. The molecule has 2 saturated heterocycles. The van der Waals surface area contributed by atoms with Gasteiger partial charge in [0.05, 0.1) is 16.0 Å². The molecule has 1 aromatic carbocycles. The number of hydrogen-bond acceptors (Lipinski definition) is 2. The number of benzene rings is 1. The van der Waals surface area contributed by atoms with Gasteiger partial charge in [0.2, 0.25) is 11.8 Å². The number of anilines is 1. The highest BCUT2D eigenvalue weighted by Crippen LogP contribution is 2.32. The summed E-state index contributed by atoms with van der Waals surface area (Å²) >= 11 is 12.0. The smallest absolute Gasteiger partial charge is 0.228 e. The Hall–Kier alpha value is -1.26. The number of nitrogens with zero attached hydrogens (tertiary/aromatic N) is 2. The first kappa shape index (κ1) is 16.6. The molecule has 2 amide bonds. The fourth-order valence-electron chi connectivity index (χ4n) is 3.42. The summed E-state index contributed by atoms with van der Waals surface area (Å²) in [5.74, 6) is 0.345. The minimum absolute atomic E-state index is 0.0354. The molecular weight excluding hydrogens is 335 g/mol. The van der Waals surface area contributed by atoms with Gasteiger partial charge in [-0.2, -0.15) is 0 Å². The van der Waals surface area contributed by atoms with E-state index in [0.717, 1.165) is 19.5 Å². The zero-order chi connectivity index (χ0) is 16.6. The third-order valence-electron chi connectivity index (χ3n) is 4.66. The van der Waals surface area contributed by atoms with E-state index in [1.165, 1.54) is 6.42 Å². The van der Waals surface area contributed by atoms with E-state index in [4.69, 9.17) is 23.2 Å². The van der Waals surface area contributed by atoms with Crippen LogP contribution in [-0.2, 0) is 9.59 Å². The Labute approximate surface area is 146 Å². The van der Waals surface area contributed by atoms with E-state index in [2.05, 4.69) is 6.92 Å². The molecule has 0 bridgehead atoms. The molecule has 6 heteroatoms. The first-order chi connectivity index (χ1) is 11.0. The van der Waals surface area contributed by atoms with Crippen molar-refractivity contribution in [2.24, 2.45) is 11.8 Å². The van der Waals surface area contributed by atoms with Gasteiger partial charge < -0.3 is 9.80 Å². The number of carbonyl (C=O) groups is 2. The lowest BCUT2D eigenvalue weighted by molar-refractivity contribution is -0.137. The van der Waals surface area contributed by atoms with Gasteiger partial charge >= 0.3 is 0 Å². The van der Waals surface area contributed by atoms with Gasteiger partial charge in [0, 0.05) is 31.7 Å². The van der Waals surface area contributed by atoms with E-state index in [0.29, 0.717) is 28.2 Å². The summed E-state index contributed by atoms with van der Waals surface area (Å²) in [6.07, 6.45) is 2.48. The lowest BCUT2D eigenvalue weighted by atomic mass is 9.98. The molecule has 2 aliphatic rings. The van der Waals surface area contributed by atoms with Crippen LogP contribution < -0.4 is 4.90 Å². The van der Waals surface area contributed by atoms with E-state index in [9.17, 15) is 9.59 Å². The van der Waals surface area contributed by atoms with Gasteiger partial charge in [-0.15, -0.1) is 0 Å². The van der Waals surface area contributed by atoms with Gasteiger partial charge in [0.25, 0.3) is 0 Å². The number of amides is 2. The van der Waals surface area contributed by atoms with Crippen molar-refractivity contribution in [3.63, 3.8) is 0 Å². The van der Waals surface area contributed by atoms with Gasteiger partial charge in [-0.1, -0.05) is 30.1 Å². The SMILES string of the molecule is CC1CCCN(C(=O)C2CC(=O)N(c3ccc(Cl)c(Cl)c3)C2)C1. The van der Waals surface area contributed by atoms with Crippen molar-refractivity contribution in [2.45, 2.75) is 26.2 Å². The van der Waals surface area contributed by atoms with Crippen LogP contribution in [-0.4, -0.2) is 36.3 Å². The van der Waals surface area contributed by atoms with Gasteiger partial charge in [-0.05, 0) is 37.0 Å². The van der Waals surface area contributed by atoms with Crippen LogP contribution >= 0.6 is 23.2 Å². The average molecular weight is 355 g/mol. The van der Waals surface area contributed by atoms with E-state index in [1.807, 2.05) is 4.90 Å². The number of halogens is 2. The van der Waals surface area contributed by atoms with Crippen LogP contribution in [0.4, 0.5) is 5.69 Å². The Bertz CT molecular complexity index is 635. The van der Waals surface area contributed by atoms with E-state index < -0.39 is 0 Å². The number of piperidine rings is 1. The topological polar surface area (TPSA) is 40.6 Å². The zero-order valence-electron chi connectivity index (χ0n) is 13.1. The molecule has 0 aromatic heterocycles. The summed E-state index contributed by atoms with van der Waals surface area (Å²) in [4.78, 5) is 28.6. The lowest BCUT2D eigenvalue weighted by Crippen LogP contribution is -2.43. The van der Waals surface area contributed by atoms with Crippen molar-refractivity contribution in [2.75, 3.05) is 24.5 Å². The van der Waals surface area contributed by atoms with Crippen LogP contribution in [0, 0.1) is 11.8 Å². The minimum atomic E-state index is -0.262. The summed E-state index contributed by atoms with van der Waals surface area (Å²) in [6, 6.07) is 5.12. The normalized spacial score (nSPS) is 25.1. The molecule has 3 rings (SSSR count). The molecule has 2 atom stereocenters. The third kappa shape index (κ3) is 3.48. The van der Waals surface area contributed by atoms with Gasteiger partial charge in [0.15, 0.2) is 0 Å². The number of carbonyl (C=O) groups excluding carboxylic acids is 2. The van der Waals surface area contributed by atoms with Crippen LogP contribution in [0.3, 0.4) is 0 Å². The largest absolute Gasteiger partial charge is 0.342 e. The summed E-state index contributed by atoms with van der Waals surface area (Å²) in [7, 11) is 0. The maximum Gasteiger partial charge on any atom is 0.228 e. The fraction of sp³-hybridized carbons (Fsp3) is 0.529. The Morgan fingerprint density at radius 2 is 2.00 bits per heavy atom. The zero-order valence-corrected chi connectivity index (χ0v) is 14.6. The van der Waals surface area contributed by atoms with Crippen LogP contribution in [0.1, 0.15) is 26.2 Å². The quantitative estimate of drug-likeness (QED) is 0.813. The van der Waals surface area contributed by atoms with Crippen molar-refractivity contribution in [3.8, 4) is 0 Å². The molecule has 0 aliphatic carbocycles. The summed E-state index contributed by atoms with van der Waals surface area (Å²) < 4.78 is 0. The Morgan fingerprint density at radius 1 is 1.22 bits per heavy atom. The second-order valence-electron chi connectivity index (χ2n) is 6.54. The van der Waals surface area contributed by atoms with Crippen LogP contribution in [0.15, 0.2) is 18.2 Å². The van der Waals surface area contributed by atoms with Crippen LogP contribution in [0.2, 0.25) is 10.0 Å². The molecule has 1 aromatic rings. The van der Waals surface area contributed by atoms with Crippen LogP contribution in [0.5, 0.6) is 0 Å². The van der Waals surface area contributed by atoms with E-state index >= 15 is 0 Å². The second kappa shape index (κ2) is 6.70. The number of rotatable bonds is 2. The highest BCUT2D eigenvalue weighted by atomic mass is 35.5. The van der Waals surface area contributed by atoms with Crippen molar-refractivity contribution in [1.29, 1.82) is 0 Å². The van der Waals surface area contributed by atoms with E-state index in [-0.39, 0.29) is 24.2 Å². The Kier molecular flexibility index (Phi) is 4.83. The molecule has 124 valence electrons. The fourth-order valence-corrected chi connectivity index (χ4v) is 3.72. The number of likely N-dealkylation sites (tertiary alicyclic amines) is 1. The van der Waals surface area contributed by atoms with Crippen molar-refractivity contribution >= 4 is 40.7 Å². The molecule has 2 fully saturated rings. The predicted octanol–water partition coefficient (Wildman–Crippen LogP) is 3.60. The first-order valence-corrected chi connectivity index (χ1v) is 8.75. The van der Waals surface area contributed by atoms with Crippen molar-refractivity contribution < 1.29 is 9.59 Å². The molecule has 0 N–H and O–H groups in total. The van der Waals surface area contributed by atoms with Crippen molar-refractivity contribution in [3.05, 3.63) is 28.2 Å². The second-order valence-corrected chi connectivity index (χ2v) is 7.35. The van der Waals surface area contributed by atoms with Gasteiger partial charge in [0.1, 0.15) is 0 Å². The predicted molar refractivity (Wildman–Crippen MR) is 91.9 cm³/mol. The molecule has 2 unspecified atom stereocenters. The van der Waals surface area contributed by atoms with Gasteiger partial charge in [-0.25, -0.2) is 0 Å². The monoisotopic (exact) mass is 354 g/mol. The Morgan fingerprint density at radius 3 is 2.70 bits per heavy atom. The molecule has 23 heavy (non-hydrogen) atoms. The summed E-state index contributed by atoms with van der Waals surface area (Å²) in [5.41, 5.74) is 0.701.